The summed E-state index contributed by atoms with van der Waals surface area (Å²) in [6, 6.07) is 0. The first-order chi connectivity index (χ1) is 11.3. The second-order valence-electron chi connectivity index (χ2n) is 7.07. The molecule has 1 fully saturated rings. The number of carbonyl (C=O) groups excluding carboxylic acids is 1. The first kappa shape index (κ1) is 16.5. The number of carbonyl (C=O) groups is 1. The molecule has 1 amide bonds. The van der Waals surface area contributed by atoms with Crippen LogP contribution < -0.4 is 5.32 Å². The number of ether oxygens (including phenoxy) is 1. The van der Waals surface area contributed by atoms with E-state index in [1.165, 1.54) is 0 Å². The lowest BCUT2D eigenvalue weighted by Gasteiger charge is -2.39. The van der Waals surface area contributed by atoms with Crippen LogP contribution in [0.3, 0.4) is 0 Å². The molecule has 8 heteroatoms. The predicted octanol–water partition coefficient (Wildman–Crippen LogP) is 2.93. The molecular weight excluding hydrogens is 310 g/mol. The molecule has 0 aromatic carbocycles. The molecule has 2 aromatic rings. The molecule has 24 heavy (non-hydrogen) atoms. The number of rotatable bonds is 4. The Hall–Kier alpha value is -2.38. The van der Waals surface area contributed by atoms with Crippen LogP contribution in [0.4, 0.5) is 4.79 Å². The number of alkyl carbamates (subject to hydrolysis) is 1. The number of aromatic amines is 1. The lowest BCUT2D eigenvalue weighted by molar-refractivity contribution is 0.0362. The van der Waals surface area contributed by atoms with E-state index in [1.54, 1.807) is 6.33 Å². The summed E-state index contributed by atoms with van der Waals surface area (Å²) in [6.45, 7) is 7.51. The van der Waals surface area contributed by atoms with Gasteiger partial charge in [0.1, 0.15) is 16.8 Å². The van der Waals surface area contributed by atoms with Crippen molar-refractivity contribution in [3.8, 4) is 11.6 Å². The summed E-state index contributed by atoms with van der Waals surface area (Å²) in [7, 11) is 0. The summed E-state index contributed by atoms with van der Waals surface area (Å²) in [5, 5.41) is 7.00. The average Bonchev–Trinajstić information content (AvgIpc) is 3.09. The van der Waals surface area contributed by atoms with Crippen molar-refractivity contribution in [1.29, 1.82) is 0 Å². The summed E-state index contributed by atoms with van der Waals surface area (Å²) in [6.07, 6.45) is 4.42. The highest BCUT2D eigenvalue weighted by molar-refractivity contribution is 5.69. The molecule has 2 heterocycles. The largest absolute Gasteiger partial charge is 0.444 e. The Morgan fingerprint density at radius 2 is 2.21 bits per heavy atom. The van der Waals surface area contributed by atoms with Gasteiger partial charge in [-0.1, -0.05) is 12.1 Å². The summed E-state index contributed by atoms with van der Waals surface area (Å²) in [5.41, 5.74) is 0.422. The SMILES string of the molecule is CCc1[nH]cnc1-c1nc(C2(NC(=O)OC(C)(C)C)CCC2)no1. The predicted molar refractivity (Wildman–Crippen MR) is 86.2 cm³/mol. The topological polar surface area (TPSA) is 106 Å². The molecule has 0 radical (unpaired) electrons. The van der Waals surface area contributed by atoms with Gasteiger partial charge in [0.2, 0.25) is 0 Å². The molecule has 2 aromatic heterocycles. The number of hydrogen-bond donors (Lipinski definition) is 2. The van der Waals surface area contributed by atoms with E-state index in [0.29, 0.717) is 17.4 Å². The van der Waals surface area contributed by atoms with Gasteiger partial charge in [-0.2, -0.15) is 4.98 Å². The first-order valence-corrected chi connectivity index (χ1v) is 8.21. The van der Waals surface area contributed by atoms with Gasteiger partial charge in [-0.15, -0.1) is 0 Å². The van der Waals surface area contributed by atoms with Crippen LogP contribution in [0.25, 0.3) is 11.6 Å². The van der Waals surface area contributed by atoms with Gasteiger partial charge in [-0.05, 0) is 46.5 Å². The van der Waals surface area contributed by atoms with Crippen molar-refractivity contribution in [2.24, 2.45) is 0 Å². The van der Waals surface area contributed by atoms with Crippen LogP contribution in [-0.2, 0) is 16.7 Å². The summed E-state index contributed by atoms with van der Waals surface area (Å²) in [5.74, 6) is 0.833. The highest BCUT2D eigenvalue weighted by Crippen LogP contribution is 2.40. The number of amides is 1. The van der Waals surface area contributed by atoms with Gasteiger partial charge in [0.05, 0.1) is 6.33 Å². The third kappa shape index (κ3) is 3.13. The number of hydrogen-bond acceptors (Lipinski definition) is 6. The van der Waals surface area contributed by atoms with Gasteiger partial charge >= 0.3 is 6.09 Å². The molecule has 130 valence electrons. The van der Waals surface area contributed by atoms with E-state index in [9.17, 15) is 4.79 Å². The third-order valence-corrected chi connectivity index (χ3v) is 4.08. The zero-order chi connectivity index (χ0) is 17.4. The maximum absolute atomic E-state index is 12.1. The van der Waals surface area contributed by atoms with Crippen molar-refractivity contribution in [2.75, 3.05) is 0 Å². The van der Waals surface area contributed by atoms with Crippen LogP contribution in [0.1, 0.15) is 58.5 Å². The number of nitrogens with zero attached hydrogens (tertiary/aromatic N) is 3. The fraction of sp³-hybridized carbons (Fsp3) is 0.625. The van der Waals surface area contributed by atoms with E-state index in [-0.39, 0.29) is 0 Å². The second-order valence-corrected chi connectivity index (χ2v) is 7.07. The Bertz CT molecular complexity index is 724. The Morgan fingerprint density at radius 3 is 2.79 bits per heavy atom. The van der Waals surface area contributed by atoms with Crippen LogP contribution >= 0.6 is 0 Å². The Balaban J connectivity index is 1.81. The molecule has 0 aliphatic heterocycles. The highest BCUT2D eigenvalue weighted by Gasteiger charge is 2.45. The molecule has 3 rings (SSSR count). The van der Waals surface area contributed by atoms with Gasteiger partial charge in [0.15, 0.2) is 5.82 Å². The lowest BCUT2D eigenvalue weighted by atomic mass is 9.76. The third-order valence-electron chi connectivity index (χ3n) is 4.08. The molecule has 0 spiro atoms. The molecule has 8 nitrogen and oxygen atoms in total. The van der Waals surface area contributed by atoms with Crippen molar-refractivity contribution >= 4 is 6.09 Å². The maximum Gasteiger partial charge on any atom is 0.408 e. The molecule has 1 aliphatic rings. The van der Waals surface area contributed by atoms with Crippen molar-refractivity contribution in [3.05, 3.63) is 17.8 Å². The number of imidazole rings is 1. The van der Waals surface area contributed by atoms with Gasteiger partial charge in [0.25, 0.3) is 5.89 Å². The van der Waals surface area contributed by atoms with Gasteiger partial charge in [-0.25, -0.2) is 9.78 Å². The van der Waals surface area contributed by atoms with Crippen LogP contribution in [-0.4, -0.2) is 31.8 Å². The van der Waals surface area contributed by atoms with Crippen molar-refractivity contribution in [3.63, 3.8) is 0 Å². The quantitative estimate of drug-likeness (QED) is 0.891. The smallest absolute Gasteiger partial charge is 0.408 e. The molecule has 0 unspecified atom stereocenters. The fourth-order valence-corrected chi connectivity index (χ4v) is 2.72. The molecular formula is C16H23N5O3. The molecule has 0 bridgehead atoms. The van der Waals surface area contributed by atoms with Crippen LogP contribution in [0.2, 0.25) is 0 Å². The molecule has 2 N–H and O–H groups in total. The second kappa shape index (κ2) is 5.92. The fourth-order valence-electron chi connectivity index (χ4n) is 2.72. The molecule has 0 saturated heterocycles. The van der Waals surface area contributed by atoms with Crippen molar-refractivity contribution < 1.29 is 14.1 Å². The minimum absolute atomic E-state index is 0.361. The Kier molecular flexibility index (Phi) is 4.06. The van der Waals surface area contributed by atoms with Crippen molar-refractivity contribution in [2.45, 2.75) is 64.5 Å². The number of aryl methyl sites for hydroxylation is 1. The minimum atomic E-state index is -0.618. The first-order valence-electron chi connectivity index (χ1n) is 8.21. The highest BCUT2D eigenvalue weighted by atomic mass is 16.6. The monoisotopic (exact) mass is 333 g/mol. The van der Waals surface area contributed by atoms with E-state index in [4.69, 9.17) is 9.26 Å². The number of aromatic nitrogens is 4. The van der Waals surface area contributed by atoms with E-state index in [0.717, 1.165) is 31.4 Å². The maximum atomic E-state index is 12.1. The standard InChI is InChI=1S/C16H23N5O3/c1-5-10-11(18-9-17-10)12-19-13(21-24-12)16(7-6-8-16)20-14(22)23-15(2,3)4/h9H,5-8H2,1-4H3,(H,17,18)(H,20,22). The Labute approximate surface area is 140 Å². The zero-order valence-electron chi connectivity index (χ0n) is 14.5. The molecule has 0 atom stereocenters. The van der Waals surface area contributed by atoms with E-state index >= 15 is 0 Å². The number of nitrogens with one attached hydrogen (secondary N) is 2. The van der Waals surface area contributed by atoms with Crippen LogP contribution in [0.5, 0.6) is 0 Å². The molecule has 1 aliphatic carbocycles. The summed E-state index contributed by atoms with van der Waals surface area (Å²) in [4.78, 5) is 23.9. The normalized spacial score (nSPS) is 16.5. The summed E-state index contributed by atoms with van der Waals surface area (Å²) >= 11 is 0. The minimum Gasteiger partial charge on any atom is -0.444 e. The Morgan fingerprint density at radius 1 is 1.46 bits per heavy atom. The van der Waals surface area contributed by atoms with Crippen LogP contribution in [0, 0.1) is 0 Å². The zero-order valence-corrected chi connectivity index (χ0v) is 14.5. The van der Waals surface area contributed by atoms with Crippen molar-refractivity contribution in [1.82, 2.24) is 25.4 Å². The van der Waals surface area contributed by atoms with E-state index in [1.807, 2.05) is 27.7 Å². The molecule has 1 saturated carbocycles. The lowest BCUT2D eigenvalue weighted by Crippen LogP contribution is -2.52. The van der Waals surface area contributed by atoms with Crippen LogP contribution in [0.15, 0.2) is 10.9 Å². The number of H-pyrrole nitrogens is 1. The van der Waals surface area contributed by atoms with E-state index in [2.05, 4.69) is 25.4 Å². The average molecular weight is 333 g/mol. The summed E-state index contributed by atoms with van der Waals surface area (Å²) < 4.78 is 10.7. The van der Waals surface area contributed by atoms with E-state index < -0.39 is 17.2 Å². The van der Waals surface area contributed by atoms with Gasteiger partial charge < -0.3 is 19.6 Å². The van der Waals surface area contributed by atoms with Gasteiger partial charge in [-0.3, -0.25) is 0 Å². The van der Waals surface area contributed by atoms with Gasteiger partial charge in [0, 0.05) is 5.69 Å².